The van der Waals surface area contributed by atoms with Gasteiger partial charge in [0.2, 0.25) is 0 Å². The van der Waals surface area contributed by atoms with E-state index >= 15 is 0 Å². The number of unbranched alkanes of at least 4 members (excludes halogenated alkanes) is 1. The molecule has 0 spiro atoms. The minimum Gasteiger partial charge on any atom is -0.481 e. The maximum atomic E-state index is 9.90. The van der Waals surface area contributed by atoms with Gasteiger partial charge in [-0.1, -0.05) is 27.2 Å². The highest BCUT2D eigenvalue weighted by Gasteiger charge is 2.13. The summed E-state index contributed by atoms with van der Waals surface area (Å²) in [7, 11) is 0. The Balaban J connectivity index is -0.000000148. The number of hydrogen-bond donors (Lipinski definition) is 9. The molecule has 9 N–H and O–H groups in total. The van der Waals surface area contributed by atoms with Gasteiger partial charge in [0.1, 0.15) is 6.10 Å². The van der Waals surface area contributed by atoms with E-state index in [4.69, 9.17) is 46.0 Å². The van der Waals surface area contributed by atoms with Crippen LogP contribution in [0.2, 0.25) is 0 Å². The second-order valence-electron chi connectivity index (χ2n) is 6.76. The molecule has 29 heavy (non-hydrogen) atoms. The van der Waals surface area contributed by atoms with Crippen molar-refractivity contribution >= 4 is 11.9 Å². The molecule has 0 radical (unpaired) electrons. The number of carboxylic acid groups (broad SMARTS) is 2. The lowest BCUT2D eigenvalue weighted by molar-refractivity contribution is -0.139. The van der Waals surface area contributed by atoms with Crippen molar-refractivity contribution in [2.45, 2.75) is 71.7 Å². The Morgan fingerprint density at radius 2 is 1.14 bits per heavy atom. The topological polar surface area (TPSA) is 216 Å². The van der Waals surface area contributed by atoms with Gasteiger partial charge in [-0.25, -0.2) is 0 Å². The molecular formula is C18H40O11. The molecule has 0 atom stereocenters. The van der Waals surface area contributed by atoms with Crippen LogP contribution < -0.4 is 0 Å². The van der Waals surface area contributed by atoms with Crippen LogP contribution in [0, 0.1) is 5.41 Å². The van der Waals surface area contributed by atoms with E-state index in [1.165, 1.54) is 0 Å². The molecule has 0 rings (SSSR count). The van der Waals surface area contributed by atoms with Gasteiger partial charge < -0.3 is 46.0 Å². The highest BCUT2D eigenvalue weighted by Crippen LogP contribution is 2.10. The molecule has 0 aliphatic carbocycles. The van der Waals surface area contributed by atoms with Crippen LogP contribution in [-0.4, -0.2) is 96.7 Å². The highest BCUT2D eigenvalue weighted by molar-refractivity contribution is 5.67. The fourth-order valence-corrected chi connectivity index (χ4v) is 0.918. The van der Waals surface area contributed by atoms with Crippen molar-refractivity contribution in [3.8, 4) is 0 Å². The first kappa shape index (κ1) is 35.1. The number of carbonyl (C=O) groups is 2. The van der Waals surface area contributed by atoms with E-state index in [1.54, 1.807) is 13.8 Å². The van der Waals surface area contributed by atoms with Crippen molar-refractivity contribution in [1.29, 1.82) is 0 Å². The molecule has 11 nitrogen and oxygen atoms in total. The first-order valence-corrected chi connectivity index (χ1v) is 9.24. The lowest BCUT2D eigenvalue weighted by Crippen LogP contribution is -2.20. The van der Waals surface area contributed by atoms with Crippen LogP contribution in [0.25, 0.3) is 0 Å². The molecule has 178 valence electrons. The smallest absolute Gasteiger partial charge is 0.303 e. The van der Waals surface area contributed by atoms with Gasteiger partial charge in [-0.2, -0.15) is 0 Å². The third-order valence-electron chi connectivity index (χ3n) is 2.86. The zero-order chi connectivity index (χ0) is 23.9. The third-order valence-corrected chi connectivity index (χ3v) is 2.86. The van der Waals surface area contributed by atoms with Gasteiger partial charge in [0, 0.05) is 18.3 Å². The van der Waals surface area contributed by atoms with Gasteiger partial charge in [-0.05, 0) is 19.3 Å². The lowest BCUT2D eigenvalue weighted by atomic mass is 9.97. The summed E-state index contributed by atoms with van der Waals surface area (Å²) in [6.07, 6.45) is 0.279. The Labute approximate surface area is 171 Å². The fraction of sp³-hybridized carbons (Fsp3) is 0.889. The average Bonchev–Trinajstić information content (AvgIpc) is 2.65. The van der Waals surface area contributed by atoms with Gasteiger partial charge in [0.15, 0.2) is 6.29 Å². The van der Waals surface area contributed by atoms with Crippen molar-refractivity contribution in [3.63, 3.8) is 0 Å². The Hall–Kier alpha value is -1.34. The number of aliphatic carboxylic acids is 2. The highest BCUT2D eigenvalue weighted by atomic mass is 16.5. The number of rotatable bonds is 11. The largest absolute Gasteiger partial charge is 0.481 e. The summed E-state index contributed by atoms with van der Waals surface area (Å²) >= 11 is 0. The molecule has 11 heteroatoms. The van der Waals surface area contributed by atoms with Crippen molar-refractivity contribution in [2.24, 2.45) is 5.41 Å². The minimum atomic E-state index is -1.10. The van der Waals surface area contributed by atoms with Crippen molar-refractivity contribution in [1.82, 2.24) is 0 Å². The van der Waals surface area contributed by atoms with Crippen LogP contribution in [0.3, 0.4) is 0 Å². The average molecular weight is 433 g/mol. The summed E-state index contributed by atoms with van der Waals surface area (Å²) in [5.74, 6) is -1.74. The predicted molar refractivity (Wildman–Crippen MR) is 105 cm³/mol. The third kappa shape index (κ3) is 46.6. The Kier molecular flexibility index (Phi) is 29.9. The molecule has 0 aromatic carbocycles. The summed E-state index contributed by atoms with van der Waals surface area (Å²) in [6.45, 7) is 4.86. The SMILES string of the molecule is CC(C)(CO)CO.CCCC(O)O.O=C(O)CCCCC(=O)O.OCC(O)CO. The second kappa shape index (κ2) is 24.7. The van der Waals surface area contributed by atoms with Gasteiger partial charge >= 0.3 is 11.9 Å². The van der Waals surface area contributed by atoms with Crippen molar-refractivity contribution in [2.75, 3.05) is 26.4 Å². The predicted octanol–water partition coefficient (Wildman–Crippen LogP) is -0.858. The standard InChI is InChI=1S/C6H10O4.C5H12O2.C4H10O2.C3H8O3/c7-5(8)3-1-2-4-6(9)10;1-5(2,3-6)4-7;1-2-3-4(5)6;4-1-3(6)2-5/h1-4H2,(H,7,8)(H,9,10);6-7H,3-4H2,1-2H3;4-6H,2-3H2,1H3;3-6H,1-2H2. The van der Waals surface area contributed by atoms with E-state index in [9.17, 15) is 9.59 Å². The van der Waals surface area contributed by atoms with E-state index in [0.29, 0.717) is 19.3 Å². The van der Waals surface area contributed by atoms with Crippen LogP contribution in [0.15, 0.2) is 0 Å². The summed E-state index contributed by atoms with van der Waals surface area (Å²) < 4.78 is 0. The summed E-state index contributed by atoms with van der Waals surface area (Å²) in [5.41, 5.74) is -0.306. The number of hydrogen-bond acceptors (Lipinski definition) is 9. The van der Waals surface area contributed by atoms with Crippen LogP contribution in [0.5, 0.6) is 0 Å². The Morgan fingerprint density at radius 1 is 0.793 bits per heavy atom. The van der Waals surface area contributed by atoms with Gasteiger partial charge in [0.25, 0.3) is 0 Å². The molecule has 0 fully saturated rings. The van der Waals surface area contributed by atoms with E-state index in [-0.39, 0.29) is 44.7 Å². The monoisotopic (exact) mass is 432 g/mol. The molecule has 0 aromatic rings. The molecule has 0 bridgehead atoms. The molecular weight excluding hydrogens is 392 g/mol. The zero-order valence-electron chi connectivity index (χ0n) is 17.6. The maximum Gasteiger partial charge on any atom is 0.303 e. The maximum absolute atomic E-state index is 9.90. The van der Waals surface area contributed by atoms with Gasteiger partial charge in [-0.3, -0.25) is 9.59 Å². The molecule has 0 aliphatic heterocycles. The van der Waals surface area contributed by atoms with Crippen molar-refractivity contribution in [3.05, 3.63) is 0 Å². The molecule has 0 aliphatic rings. The van der Waals surface area contributed by atoms with Gasteiger partial charge in [0.05, 0.1) is 26.4 Å². The number of carboxylic acids is 2. The summed E-state index contributed by atoms with van der Waals surface area (Å²) in [4.78, 5) is 19.8. The molecule has 0 saturated heterocycles. The van der Waals surface area contributed by atoms with E-state index in [1.807, 2.05) is 6.92 Å². The normalized spacial score (nSPS) is 10.2. The summed E-state index contributed by atoms with van der Waals surface area (Å²) in [6, 6.07) is 0. The van der Waals surface area contributed by atoms with E-state index in [0.717, 1.165) is 6.42 Å². The van der Waals surface area contributed by atoms with Crippen molar-refractivity contribution < 1.29 is 55.5 Å². The lowest BCUT2D eigenvalue weighted by Gasteiger charge is -2.16. The first-order valence-electron chi connectivity index (χ1n) is 9.24. The second-order valence-corrected chi connectivity index (χ2v) is 6.76. The quantitative estimate of drug-likeness (QED) is 0.144. The molecule has 0 heterocycles. The Morgan fingerprint density at radius 3 is 1.21 bits per heavy atom. The Bertz CT molecular complexity index is 334. The van der Waals surface area contributed by atoms with E-state index < -0.39 is 24.3 Å². The molecule has 0 aromatic heterocycles. The first-order chi connectivity index (χ1) is 13.3. The minimum absolute atomic E-state index is 0.0451. The van der Waals surface area contributed by atoms with Crippen LogP contribution in [0.4, 0.5) is 0 Å². The van der Waals surface area contributed by atoms with Crippen LogP contribution in [-0.2, 0) is 9.59 Å². The molecule has 0 saturated carbocycles. The van der Waals surface area contributed by atoms with Crippen LogP contribution >= 0.6 is 0 Å². The van der Waals surface area contributed by atoms with Gasteiger partial charge in [-0.15, -0.1) is 0 Å². The van der Waals surface area contributed by atoms with Crippen LogP contribution in [0.1, 0.15) is 59.3 Å². The molecule has 0 amide bonds. The summed E-state index contributed by atoms with van der Waals surface area (Å²) in [5, 5.41) is 73.4. The fourth-order valence-electron chi connectivity index (χ4n) is 0.918. The van der Waals surface area contributed by atoms with E-state index in [2.05, 4.69) is 0 Å². The zero-order valence-corrected chi connectivity index (χ0v) is 17.6. The number of aliphatic hydroxyl groups excluding tert-OH is 6. The molecule has 0 unspecified atom stereocenters. The number of aliphatic hydroxyl groups is 7.